The zero-order valence-corrected chi connectivity index (χ0v) is 15.2. The molecule has 3 atom stereocenters. The van der Waals surface area contributed by atoms with E-state index in [-0.39, 0.29) is 11.3 Å². The molecule has 2 rings (SSSR count). The van der Waals surface area contributed by atoms with Crippen LogP contribution in [-0.4, -0.2) is 48.6 Å². The third-order valence-corrected chi connectivity index (χ3v) is 5.89. The van der Waals surface area contributed by atoms with Crippen LogP contribution in [-0.2, 0) is 11.3 Å². The number of likely N-dealkylation sites (N-methyl/N-ethyl adjacent to an activating group) is 2. The van der Waals surface area contributed by atoms with E-state index in [9.17, 15) is 4.79 Å². The molecule has 0 bridgehead atoms. The molecule has 23 heavy (non-hydrogen) atoms. The maximum atomic E-state index is 11.6. The van der Waals surface area contributed by atoms with Crippen molar-refractivity contribution in [3.63, 3.8) is 0 Å². The van der Waals surface area contributed by atoms with E-state index in [1.54, 1.807) is 0 Å². The standard InChI is InChI=1S/C18H32N4O/c1-13-8-14(9-16(12-23)18(13,2)3)17-15(10-20-21-17)11-22(5)7-6-19-4/h10,12-14,16,19H,6-9,11H2,1-5H3,(H,20,21)/t13-,14?,16-/m0/s1. The quantitative estimate of drug-likeness (QED) is 0.758. The molecule has 1 aliphatic rings. The van der Waals surface area contributed by atoms with Gasteiger partial charge in [0.2, 0.25) is 0 Å². The van der Waals surface area contributed by atoms with Crippen LogP contribution < -0.4 is 5.32 Å². The number of carbonyl (C=O) groups excluding carboxylic acids is 1. The van der Waals surface area contributed by atoms with Gasteiger partial charge in [-0.2, -0.15) is 5.10 Å². The molecule has 1 aromatic heterocycles. The summed E-state index contributed by atoms with van der Waals surface area (Å²) in [4.78, 5) is 13.9. The van der Waals surface area contributed by atoms with E-state index in [4.69, 9.17) is 0 Å². The van der Waals surface area contributed by atoms with Gasteiger partial charge in [-0.1, -0.05) is 20.8 Å². The van der Waals surface area contributed by atoms with Gasteiger partial charge in [-0.05, 0) is 38.3 Å². The first kappa shape index (κ1) is 18.1. The van der Waals surface area contributed by atoms with Crippen LogP contribution in [0.2, 0.25) is 0 Å². The zero-order valence-electron chi connectivity index (χ0n) is 15.2. The number of aromatic nitrogens is 2. The molecular weight excluding hydrogens is 288 g/mol. The van der Waals surface area contributed by atoms with Crippen LogP contribution in [0.15, 0.2) is 6.20 Å². The first-order chi connectivity index (χ1) is 10.9. The highest BCUT2D eigenvalue weighted by Crippen LogP contribution is 2.49. The lowest BCUT2D eigenvalue weighted by atomic mass is 9.60. The smallest absolute Gasteiger partial charge is 0.123 e. The fourth-order valence-electron chi connectivity index (χ4n) is 3.73. The minimum absolute atomic E-state index is 0.0817. The van der Waals surface area contributed by atoms with Gasteiger partial charge in [-0.3, -0.25) is 5.10 Å². The van der Waals surface area contributed by atoms with Crippen molar-refractivity contribution in [1.82, 2.24) is 20.4 Å². The Hall–Kier alpha value is -1.20. The Bertz CT molecular complexity index is 511. The first-order valence-corrected chi connectivity index (χ1v) is 8.71. The molecule has 1 aliphatic carbocycles. The molecule has 1 aromatic rings. The molecular formula is C18H32N4O. The largest absolute Gasteiger partial charge is 0.318 e. The first-order valence-electron chi connectivity index (χ1n) is 8.71. The second-order valence-electron chi connectivity index (χ2n) is 7.77. The van der Waals surface area contributed by atoms with Gasteiger partial charge in [-0.25, -0.2) is 0 Å². The summed E-state index contributed by atoms with van der Waals surface area (Å²) in [5.41, 5.74) is 2.51. The third kappa shape index (κ3) is 4.01. The van der Waals surface area contributed by atoms with Crippen molar-refractivity contribution in [2.45, 2.75) is 46.1 Å². The van der Waals surface area contributed by atoms with Gasteiger partial charge >= 0.3 is 0 Å². The van der Waals surface area contributed by atoms with Gasteiger partial charge in [0.1, 0.15) is 6.29 Å². The zero-order chi connectivity index (χ0) is 17.0. The molecule has 0 saturated heterocycles. The molecule has 1 heterocycles. The molecule has 0 amide bonds. The van der Waals surface area contributed by atoms with Crippen molar-refractivity contribution in [2.24, 2.45) is 17.3 Å². The fourth-order valence-corrected chi connectivity index (χ4v) is 3.73. The van der Waals surface area contributed by atoms with Crippen LogP contribution in [0.4, 0.5) is 0 Å². The molecule has 1 fully saturated rings. The highest BCUT2D eigenvalue weighted by atomic mass is 16.1. The molecule has 130 valence electrons. The van der Waals surface area contributed by atoms with E-state index in [0.717, 1.165) is 44.5 Å². The van der Waals surface area contributed by atoms with E-state index in [2.05, 4.69) is 48.2 Å². The van der Waals surface area contributed by atoms with Crippen LogP contribution in [0.25, 0.3) is 0 Å². The third-order valence-electron chi connectivity index (χ3n) is 5.89. The number of nitrogens with zero attached hydrogens (tertiary/aromatic N) is 2. The molecule has 0 radical (unpaired) electrons. The maximum Gasteiger partial charge on any atom is 0.123 e. The predicted octanol–water partition coefficient (Wildman–Crippen LogP) is 2.42. The average molecular weight is 320 g/mol. The number of carbonyl (C=O) groups is 1. The predicted molar refractivity (Wildman–Crippen MR) is 93.3 cm³/mol. The van der Waals surface area contributed by atoms with Crippen molar-refractivity contribution in [2.75, 3.05) is 27.2 Å². The van der Waals surface area contributed by atoms with E-state index in [1.165, 1.54) is 5.56 Å². The van der Waals surface area contributed by atoms with Gasteiger partial charge in [0.25, 0.3) is 0 Å². The van der Waals surface area contributed by atoms with Crippen molar-refractivity contribution < 1.29 is 4.79 Å². The van der Waals surface area contributed by atoms with Gasteiger partial charge in [0.05, 0.1) is 5.69 Å². The topological polar surface area (TPSA) is 61.0 Å². The summed E-state index contributed by atoms with van der Waals surface area (Å²) < 4.78 is 0. The van der Waals surface area contributed by atoms with E-state index < -0.39 is 0 Å². The Morgan fingerprint density at radius 2 is 2.22 bits per heavy atom. The summed E-state index contributed by atoms with van der Waals surface area (Å²) in [6.07, 6.45) is 5.20. The monoisotopic (exact) mass is 320 g/mol. The second kappa shape index (κ2) is 7.58. The fraction of sp³-hybridized carbons (Fsp3) is 0.778. The lowest BCUT2D eigenvalue weighted by Gasteiger charge is -2.44. The number of rotatable bonds is 7. The van der Waals surface area contributed by atoms with Crippen LogP contribution in [0, 0.1) is 17.3 Å². The van der Waals surface area contributed by atoms with E-state index in [0.29, 0.717) is 11.8 Å². The van der Waals surface area contributed by atoms with Gasteiger partial charge in [0.15, 0.2) is 0 Å². The highest BCUT2D eigenvalue weighted by molar-refractivity contribution is 5.55. The van der Waals surface area contributed by atoms with Gasteiger partial charge < -0.3 is 15.0 Å². The van der Waals surface area contributed by atoms with Crippen molar-refractivity contribution >= 4 is 6.29 Å². The molecule has 0 spiro atoms. The Morgan fingerprint density at radius 3 is 2.87 bits per heavy atom. The number of nitrogens with one attached hydrogen (secondary N) is 2. The highest BCUT2D eigenvalue weighted by Gasteiger charge is 2.42. The van der Waals surface area contributed by atoms with Crippen molar-refractivity contribution in [1.29, 1.82) is 0 Å². The summed E-state index contributed by atoms with van der Waals surface area (Å²) in [6.45, 7) is 9.60. The molecule has 0 aromatic carbocycles. The number of H-pyrrole nitrogens is 1. The number of hydrogen-bond acceptors (Lipinski definition) is 4. The van der Waals surface area contributed by atoms with E-state index in [1.807, 2.05) is 13.2 Å². The summed E-state index contributed by atoms with van der Waals surface area (Å²) in [6, 6.07) is 0. The normalized spacial score (nSPS) is 27.3. The van der Waals surface area contributed by atoms with Crippen molar-refractivity contribution in [3.05, 3.63) is 17.5 Å². The Labute approximate surface area is 140 Å². The Kier molecular flexibility index (Phi) is 5.98. The minimum atomic E-state index is 0.0817. The van der Waals surface area contributed by atoms with Crippen LogP contribution >= 0.6 is 0 Å². The van der Waals surface area contributed by atoms with Crippen molar-refractivity contribution in [3.8, 4) is 0 Å². The Balaban J connectivity index is 2.11. The summed E-state index contributed by atoms with van der Waals surface area (Å²) in [7, 11) is 4.11. The number of hydrogen-bond donors (Lipinski definition) is 2. The van der Waals surface area contributed by atoms with Crippen LogP contribution in [0.1, 0.15) is 50.8 Å². The minimum Gasteiger partial charge on any atom is -0.318 e. The molecule has 2 N–H and O–H groups in total. The molecule has 0 aliphatic heterocycles. The molecule has 5 heteroatoms. The van der Waals surface area contributed by atoms with Crippen LogP contribution in [0.5, 0.6) is 0 Å². The summed E-state index contributed by atoms with van der Waals surface area (Å²) >= 11 is 0. The average Bonchev–Trinajstić information content (AvgIpc) is 2.95. The Morgan fingerprint density at radius 1 is 1.48 bits per heavy atom. The van der Waals surface area contributed by atoms with Gasteiger partial charge in [-0.15, -0.1) is 0 Å². The molecule has 5 nitrogen and oxygen atoms in total. The number of aldehydes is 1. The second-order valence-corrected chi connectivity index (χ2v) is 7.77. The summed E-state index contributed by atoms with van der Waals surface area (Å²) in [5, 5.41) is 10.8. The summed E-state index contributed by atoms with van der Waals surface area (Å²) in [5.74, 6) is 1.01. The van der Waals surface area contributed by atoms with E-state index >= 15 is 0 Å². The SMILES string of the molecule is CNCCN(C)Cc1c[nH]nc1C1C[C@@H](C=O)C(C)(C)[C@@H](C)C1. The van der Waals surface area contributed by atoms with Gasteiger partial charge in [0, 0.05) is 43.2 Å². The lowest BCUT2D eigenvalue weighted by Crippen LogP contribution is -2.39. The molecule has 1 unspecified atom stereocenters. The molecule has 1 saturated carbocycles. The lowest BCUT2D eigenvalue weighted by molar-refractivity contribution is -0.117. The van der Waals surface area contributed by atoms with Crippen LogP contribution in [0.3, 0.4) is 0 Å². The maximum absolute atomic E-state index is 11.6. The number of aromatic amines is 1.